The molecule has 1 rings (SSSR count). The first-order chi connectivity index (χ1) is 7.01. The van der Waals surface area contributed by atoms with E-state index in [1.165, 1.54) is 19.2 Å². The summed E-state index contributed by atoms with van der Waals surface area (Å²) in [5, 5.41) is 0. The zero-order valence-corrected chi connectivity index (χ0v) is 9.47. The van der Waals surface area contributed by atoms with Gasteiger partial charge in [0, 0.05) is 0 Å². The summed E-state index contributed by atoms with van der Waals surface area (Å²) in [5.41, 5.74) is 5.95. The van der Waals surface area contributed by atoms with Crippen LogP contribution in [0.3, 0.4) is 0 Å². The van der Waals surface area contributed by atoms with Gasteiger partial charge in [-0.05, 0) is 32.2 Å². The van der Waals surface area contributed by atoms with E-state index in [-0.39, 0.29) is 4.90 Å². The molecule has 0 unspecified atom stereocenters. The lowest BCUT2D eigenvalue weighted by atomic mass is 10.3. The molecular weight excluding hydrogens is 216 g/mol. The number of sulfonamides is 1. The monoisotopic (exact) mass is 230 g/mol. The maximum absolute atomic E-state index is 11.4. The van der Waals surface area contributed by atoms with Crippen molar-refractivity contribution in [1.82, 2.24) is 4.72 Å². The Morgan fingerprint density at radius 2 is 2.13 bits per heavy atom. The second-order valence-corrected chi connectivity index (χ2v) is 4.73. The van der Waals surface area contributed by atoms with Crippen LogP contribution in [0.4, 0.5) is 5.69 Å². The van der Waals surface area contributed by atoms with Gasteiger partial charge in [-0.1, -0.05) is 0 Å². The molecule has 0 aromatic heterocycles. The minimum atomic E-state index is -3.44. The van der Waals surface area contributed by atoms with Gasteiger partial charge in [0.2, 0.25) is 10.0 Å². The summed E-state index contributed by atoms with van der Waals surface area (Å²) >= 11 is 0. The molecule has 0 heterocycles. The Balaban J connectivity index is 3.12. The molecule has 0 radical (unpaired) electrons. The van der Waals surface area contributed by atoms with Crippen molar-refractivity contribution < 1.29 is 13.2 Å². The van der Waals surface area contributed by atoms with E-state index >= 15 is 0 Å². The molecule has 3 N–H and O–H groups in total. The van der Waals surface area contributed by atoms with Gasteiger partial charge in [0.1, 0.15) is 5.75 Å². The number of anilines is 1. The van der Waals surface area contributed by atoms with E-state index in [2.05, 4.69) is 4.72 Å². The van der Waals surface area contributed by atoms with Gasteiger partial charge in [-0.15, -0.1) is 0 Å². The second-order valence-electron chi connectivity index (χ2n) is 2.84. The molecule has 0 atom stereocenters. The summed E-state index contributed by atoms with van der Waals surface area (Å²) in [6.45, 7) is 2.32. The fraction of sp³-hybridized carbons (Fsp3) is 0.333. The van der Waals surface area contributed by atoms with Gasteiger partial charge in [-0.25, -0.2) is 13.1 Å². The van der Waals surface area contributed by atoms with Crippen molar-refractivity contribution in [1.29, 1.82) is 0 Å². The highest BCUT2D eigenvalue weighted by Gasteiger charge is 2.12. The molecule has 0 fully saturated rings. The van der Waals surface area contributed by atoms with E-state index in [0.717, 1.165) is 0 Å². The van der Waals surface area contributed by atoms with Crippen molar-refractivity contribution in [3.63, 3.8) is 0 Å². The first-order valence-corrected chi connectivity index (χ1v) is 5.95. The van der Waals surface area contributed by atoms with Crippen LogP contribution < -0.4 is 15.2 Å². The zero-order valence-electron chi connectivity index (χ0n) is 8.65. The normalized spacial score (nSPS) is 11.3. The first kappa shape index (κ1) is 11.8. The summed E-state index contributed by atoms with van der Waals surface area (Å²) in [5.74, 6) is 0.493. The van der Waals surface area contributed by atoms with E-state index < -0.39 is 10.0 Å². The zero-order chi connectivity index (χ0) is 11.5. The van der Waals surface area contributed by atoms with Crippen LogP contribution in [0.5, 0.6) is 5.75 Å². The van der Waals surface area contributed by atoms with E-state index in [1.807, 2.05) is 6.92 Å². The van der Waals surface area contributed by atoms with Crippen LogP contribution in [0.1, 0.15) is 6.92 Å². The molecule has 1 aromatic rings. The molecule has 0 aliphatic rings. The summed E-state index contributed by atoms with van der Waals surface area (Å²) in [4.78, 5) is 0.131. The summed E-state index contributed by atoms with van der Waals surface area (Å²) in [6, 6.07) is 4.37. The SMILES string of the molecule is CCOc1ccc(S(=O)(=O)NC)cc1N. The summed E-state index contributed by atoms with van der Waals surface area (Å²) in [7, 11) is -2.09. The average molecular weight is 230 g/mol. The highest BCUT2D eigenvalue weighted by Crippen LogP contribution is 2.24. The van der Waals surface area contributed by atoms with Crippen molar-refractivity contribution in [2.24, 2.45) is 0 Å². The summed E-state index contributed by atoms with van der Waals surface area (Å²) in [6.07, 6.45) is 0. The van der Waals surface area contributed by atoms with Crippen LogP contribution in [0.15, 0.2) is 23.1 Å². The third-order valence-corrected chi connectivity index (χ3v) is 3.27. The van der Waals surface area contributed by atoms with Crippen molar-refractivity contribution in [2.75, 3.05) is 19.4 Å². The third-order valence-electron chi connectivity index (χ3n) is 1.86. The minimum Gasteiger partial charge on any atom is -0.492 e. The highest BCUT2D eigenvalue weighted by atomic mass is 32.2. The Hall–Kier alpha value is -1.27. The quantitative estimate of drug-likeness (QED) is 0.741. The first-order valence-electron chi connectivity index (χ1n) is 4.47. The molecule has 0 spiro atoms. The number of nitrogens with two attached hydrogens (primary N) is 1. The fourth-order valence-electron chi connectivity index (χ4n) is 1.10. The smallest absolute Gasteiger partial charge is 0.240 e. The van der Waals surface area contributed by atoms with Crippen LogP contribution >= 0.6 is 0 Å². The number of nitrogens with one attached hydrogen (secondary N) is 1. The number of benzene rings is 1. The van der Waals surface area contributed by atoms with Gasteiger partial charge in [-0.3, -0.25) is 0 Å². The van der Waals surface area contributed by atoms with Gasteiger partial charge < -0.3 is 10.5 Å². The van der Waals surface area contributed by atoms with Crippen LogP contribution in [-0.4, -0.2) is 22.1 Å². The molecule has 0 aliphatic carbocycles. The Morgan fingerprint density at radius 1 is 1.47 bits per heavy atom. The predicted molar refractivity (Wildman–Crippen MR) is 58.3 cm³/mol. The Bertz CT molecular complexity index is 443. The maximum atomic E-state index is 11.4. The van der Waals surface area contributed by atoms with Crippen LogP contribution in [0.25, 0.3) is 0 Å². The molecule has 0 saturated carbocycles. The van der Waals surface area contributed by atoms with Crippen molar-refractivity contribution in [3.05, 3.63) is 18.2 Å². The molecule has 0 saturated heterocycles. The van der Waals surface area contributed by atoms with Gasteiger partial charge >= 0.3 is 0 Å². The number of rotatable bonds is 4. The van der Waals surface area contributed by atoms with Gasteiger partial charge in [0.15, 0.2) is 0 Å². The van der Waals surface area contributed by atoms with Crippen LogP contribution in [0, 0.1) is 0 Å². The lowest BCUT2D eigenvalue weighted by Gasteiger charge is -2.08. The average Bonchev–Trinajstić information content (AvgIpc) is 2.21. The van der Waals surface area contributed by atoms with Crippen LogP contribution in [-0.2, 0) is 10.0 Å². The molecule has 15 heavy (non-hydrogen) atoms. The molecular formula is C9H14N2O3S. The van der Waals surface area contributed by atoms with Crippen molar-refractivity contribution >= 4 is 15.7 Å². The predicted octanol–water partition coefficient (Wildman–Crippen LogP) is 0.576. The number of nitrogen functional groups attached to an aromatic ring is 1. The Labute approximate surface area is 89.3 Å². The lowest BCUT2D eigenvalue weighted by molar-refractivity contribution is 0.342. The van der Waals surface area contributed by atoms with E-state index in [0.29, 0.717) is 18.0 Å². The number of hydrogen-bond donors (Lipinski definition) is 2. The number of ether oxygens (including phenoxy) is 1. The standard InChI is InChI=1S/C9H14N2O3S/c1-3-14-9-5-4-7(6-8(9)10)15(12,13)11-2/h4-6,11H,3,10H2,1-2H3. The van der Waals surface area contributed by atoms with Crippen molar-refractivity contribution in [3.8, 4) is 5.75 Å². The molecule has 1 aromatic carbocycles. The van der Waals surface area contributed by atoms with Crippen LogP contribution in [0.2, 0.25) is 0 Å². The molecule has 0 aliphatic heterocycles. The molecule has 0 bridgehead atoms. The van der Waals surface area contributed by atoms with Crippen molar-refractivity contribution in [2.45, 2.75) is 11.8 Å². The van der Waals surface area contributed by atoms with Gasteiger partial charge in [-0.2, -0.15) is 0 Å². The Kier molecular flexibility index (Phi) is 3.54. The van der Waals surface area contributed by atoms with E-state index in [1.54, 1.807) is 6.07 Å². The number of hydrogen-bond acceptors (Lipinski definition) is 4. The van der Waals surface area contributed by atoms with E-state index in [9.17, 15) is 8.42 Å². The molecule has 84 valence electrons. The topological polar surface area (TPSA) is 81.4 Å². The molecule has 6 heteroatoms. The van der Waals surface area contributed by atoms with Gasteiger partial charge in [0.05, 0.1) is 17.2 Å². The van der Waals surface area contributed by atoms with E-state index in [4.69, 9.17) is 10.5 Å². The largest absolute Gasteiger partial charge is 0.492 e. The maximum Gasteiger partial charge on any atom is 0.240 e. The molecule has 5 nitrogen and oxygen atoms in total. The highest BCUT2D eigenvalue weighted by molar-refractivity contribution is 7.89. The second kappa shape index (κ2) is 4.50. The lowest BCUT2D eigenvalue weighted by Crippen LogP contribution is -2.18. The Morgan fingerprint density at radius 3 is 2.60 bits per heavy atom. The molecule has 0 amide bonds. The van der Waals surface area contributed by atoms with Gasteiger partial charge in [0.25, 0.3) is 0 Å². The summed E-state index contributed by atoms with van der Waals surface area (Å²) < 4.78 is 30.2. The third kappa shape index (κ3) is 2.60. The fourth-order valence-corrected chi connectivity index (χ4v) is 1.86. The minimum absolute atomic E-state index is 0.131.